The number of rotatable bonds is 5. The number of anilines is 1. The lowest BCUT2D eigenvalue weighted by atomic mass is 9.67. The Bertz CT molecular complexity index is 461. The van der Waals surface area contributed by atoms with Gasteiger partial charge in [-0.15, -0.1) is 0 Å². The molecule has 1 saturated carbocycles. The van der Waals surface area contributed by atoms with Crippen molar-refractivity contribution >= 4 is 11.7 Å². The third kappa shape index (κ3) is 3.51. The number of carbonyl (C=O) groups excluding carboxylic acids is 1. The minimum Gasteiger partial charge on any atom is -0.337 e. The SMILES string of the molecule is CCC1(CNC(=O)Nc2cccc(C(C)N)c2)CCC1. The van der Waals surface area contributed by atoms with Crippen molar-refractivity contribution in [1.29, 1.82) is 0 Å². The van der Waals surface area contributed by atoms with Gasteiger partial charge in [0, 0.05) is 18.3 Å². The van der Waals surface area contributed by atoms with Gasteiger partial charge in [-0.3, -0.25) is 0 Å². The Morgan fingerprint density at radius 2 is 2.20 bits per heavy atom. The molecule has 0 radical (unpaired) electrons. The van der Waals surface area contributed by atoms with Gasteiger partial charge in [0.15, 0.2) is 0 Å². The molecule has 4 nitrogen and oxygen atoms in total. The highest BCUT2D eigenvalue weighted by Gasteiger charge is 2.35. The van der Waals surface area contributed by atoms with Crippen LogP contribution in [0.4, 0.5) is 10.5 Å². The molecule has 0 bridgehead atoms. The summed E-state index contributed by atoms with van der Waals surface area (Å²) in [6, 6.07) is 7.51. The third-order valence-corrected chi connectivity index (χ3v) is 4.46. The Labute approximate surface area is 121 Å². The molecule has 110 valence electrons. The number of hydrogen-bond donors (Lipinski definition) is 3. The second kappa shape index (κ2) is 6.27. The summed E-state index contributed by atoms with van der Waals surface area (Å²) in [4.78, 5) is 11.9. The summed E-state index contributed by atoms with van der Waals surface area (Å²) in [6.45, 7) is 4.90. The summed E-state index contributed by atoms with van der Waals surface area (Å²) in [5.74, 6) is 0. The maximum absolute atomic E-state index is 11.9. The zero-order valence-electron chi connectivity index (χ0n) is 12.4. The first-order chi connectivity index (χ1) is 9.54. The van der Waals surface area contributed by atoms with Gasteiger partial charge >= 0.3 is 6.03 Å². The van der Waals surface area contributed by atoms with Gasteiger partial charge in [-0.2, -0.15) is 0 Å². The van der Waals surface area contributed by atoms with Crippen molar-refractivity contribution < 1.29 is 4.79 Å². The van der Waals surface area contributed by atoms with E-state index in [1.807, 2.05) is 31.2 Å². The van der Waals surface area contributed by atoms with Gasteiger partial charge in [-0.05, 0) is 49.3 Å². The van der Waals surface area contributed by atoms with Gasteiger partial charge in [0.05, 0.1) is 0 Å². The van der Waals surface area contributed by atoms with Crippen molar-refractivity contribution in [3.05, 3.63) is 29.8 Å². The van der Waals surface area contributed by atoms with Crippen molar-refractivity contribution in [3.63, 3.8) is 0 Å². The molecule has 0 saturated heterocycles. The summed E-state index contributed by atoms with van der Waals surface area (Å²) in [5, 5.41) is 5.87. The molecule has 1 aromatic carbocycles. The van der Waals surface area contributed by atoms with Crippen LogP contribution in [-0.2, 0) is 0 Å². The lowest BCUT2D eigenvalue weighted by molar-refractivity contribution is 0.127. The molecule has 0 aromatic heterocycles. The van der Waals surface area contributed by atoms with Crippen molar-refractivity contribution in [2.24, 2.45) is 11.1 Å². The molecule has 4 heteroatoms. The van der Waals surface area contributed by atoms with Crippen LogP contribution in [0, 0.1) is 5.41 Å². The lowest BCUT2D eigenvalue weighted by Gasteiger charge is -2.41. The molecule has 2 amide bonds. The Morgan fingerprint density at radius 3 is 2.75 bits per heavy atom. The van der Waals surface area contributed by atoms with Crippen LogP contribution in [0.25, 0.3) is 0 Å². The average molecular weight is 275 g/mol. The van der Waals surface area contributed by atoms with Gasteiger partial charge in [-0.1, -0.05) is 25.5 Å². The van der Waals surface area contributed by atoms with Crippen LogP contribution in [0.2, 0.25) is 0 Å². The Hall–Kier alpha value is -1.55. The molecule has 1 unspecified atom stereocenters. The highest BCUT2D eigenvalue weighted by atomic mass is 16.2. The summed E-state index contributed by atoms with van der Waals surface area (Å²) < 4.78 is 0. The fourth-order valence-electron chi connectivity index (χ4n) is 2.67. The summed E-state index contributed by atoms with van der Waals surface area (Å²) in [6.07, 6.45) is 4.87. The second-order valence-corrected chi connectivity index (χ2v) is 5.93. The summed E-state index contributed by atoms with van der Waals surface area (Å²) >= 11 is 0. The number of nitrogens with two attached hydrogens (primary N) is 1. The van der Waals surface area contributed by atoms with Crippen LogP contribution in [-0.4, -0.2) is 12.6 Å². The largest absolute Gasteiger partial charge is 0.337 e. The number of carbonyl (C=O) groups is 1. The van der Waals surface area contributed by atoms with E-state index in [0.29, 0.717) is 5.41 Å². The normalized spacial score (nSPS) is 17.9. The van der Waals surface area contributed by atoms with E-state index < -0.39 is 0 Å². The minimum atomic E-state index is -0.133. The van der Waals surface area contributed by atoms with Crippen LogP contribution >= 0.6 is 0 Å². The number of nitrogens with one attached hydrogen (secondary N) is 2. The maximum atomic E-state index is 11.9. The molecule has 0 heterocycles. The third-order valence-electron chi connectivity index (χ3n) is 4.46. The van der Waals surface area contributed by atoms with E-state index >= 15 is 0 Å². The standard InChI is InChI=1S/C16H25N3O/c1-3-16(8-5-9-16)11-18-15(20)19-14-7-4-6-13(10-14)12(2)17/h4,6-7,10,12H,3,5,8-9,11,17H2,1-2H3,(H2,18,19,20). The zero-order valence-corrected chi connectivity index (χ0v) is 12.4. The highest BCUT2D eigenvalue weighted by molar-refractivity contribution is 5.89. The molecule has 1 aliphatic carbocycles. The molecule has 0 spiro atoms. The molecule has 20 heavy (non-hydrogen) atoms. The predicted molar refractivity (Wildman–Crippen MR) is 82.6 cm³/mol. The fourth-order valence-corrected chi connectivity index (χ4v) is 2.67. The fraction of sp³-hybridized carbons (Fsp3) is 0.562. The number of benzene rings is 1. The molecule has 1 aliphatic rings. The highest BCUT2D eigenvalue weighted by Crippen LogP contribution is 2.43. The van der Waals surface area contributed by atoms with Crippen molar-refractivity contribution in [1.82, 2.24) is 5.32 Å². The van der Waals surface area contributed by atoms with E-state index in [0.717, 1.165) is 24.2 Å². The molecule has 4 N–H and O–H groups in total. The molecular formula is C16H25N3O. The van der Waals surface area contributed by atoms with Crippen LogP contribution in [0.3, 0.4) is 0 Å². The lowest BCUT2D eigenvalue weighted by Crippen LogP contribution is -2.43. The van der Waals surface area contributed by atoms with Crippen LogP contribution < -0.4 is 16.4 Å². The van der Waals surface area contributed by atoms with Crippen LogP contribution in [0.1, 0.15) is 51.1 Å². The minimum absolute atomic E-state index is 0.0295. The molecular weight excluding hydrogens is 250 g/mol. The van der Waals surface area contributed by atoms with Gasteiger partial charge in [0.25, 0.3) is 0 Å². The number of urea groups is 1. The van der Waals surface area contributed by atoms with Gasteiger partial charge in [0.1, 0.15) is 0 Å². The van der Waals surface area contributed by atoms with Crippen molar-refractivity contribution in [2.75, 3.05) is 11.9 Å². The molecule has 1 fully saturated rings. The maximum Gasteiger partial charge on any atom is 0.319 e. The van der Waals surface area contributed by atoms with E-state index in [4.69, 9.17) is 5.73 Å². The van der Waals surface area contributed by atoms with Gasteiger partial charge < -0.3 is 16.4 Å². The first-order valence-electron chi connectivity index (χ1n) is 7.45. The van der Waals surface area contributed by atoms with E-state index in [9.17, 15) is 4.79 Å². The molecule has 0 aliphatic heterocycles. The predicted octanol–water partition coefficient (Wildman–Crippen LogP) is 3.41. The Kier molecular flexibility index (Phi) is 4.65. The van der Waals surface area contributed by atoms with E-state index in [2.05, 4.69) is 17.6 Å². The number of hydrogen-bond acceptors (Lipinski definition) is 2. The van der Waals surface area contributed by atoms with E-state index in [-0.39, 0.29) is 12.1 Å². The number of amides is 2. The topological polar surface area (TPSA) is 67.2 Å². The molecule has 2 rings (SSSR count). The van der Waals surface area contributed by atoms with E-state index in [1.165, 1.54) is 19.3 Å². The van der Waals surface area contributed by atoms with Crippen molar-refractivity contribution in [2.45, 2.75) is 45.6 Å². The Morgan fingerprint density at radius 1 is 1.45 bits per heavy atom. The van der Waals surface area contributed by atoms with Gasteiger partial charge in [-0.25, -0.2) is 4.79 Å². The quantitative estimate of drug-likeness (QED) is 0.771. The average Bonchev–Trinajstić information content (AvgIpc) is 2.38. The zero-order chi connectivity index (χ0) is 14.6. The van der Waals surface area contributed by atoms with Gasteiger partial charge in [0.2, 0.25) is 0 Å². The first-order valence-corrected chi connectivity index (χ1v) is 7.45. The summed E-state index contributed by atoms with van der Waals surface area (Å²) in [7, 11) is 0. The van der Waals surface area contributed by atoms with Crippen molar-refractivity contribution in [3.8, 4) is 0 Å². The summed E-state index contributed by atoms with van der Waals surface area (Å²) in [5.41, 5.74) is 7.99. The van der Waals surface area contributed by atoms with E-state index in [1.54, 1.807) is 0 Å². The van der Waals surface area contributed by atoms with Crippen LogP contribution in [0.15, 0.2) is 24.3 Å². The second-order valence-electron chi connectivity index (χ2n) is 5.93. The Balaban J connectivity index is 1.86. The smallest absolute Gasteiger partial charge is 0.319 e. The molecule has 1 atom stereocenters. The first kappa shape index (κ1) is 14.9. The molecule has 1 aromatic rings. The monoisotopic (exact) mass is 275 g/mol. The van der Waals surface area contributed by atoms with Crippen LogP contribution in [0.5, 0.6) is 0 Å².